The fourth-order valence-corrected chi connectivity index (χ4v) is 2.38. The Hall–Kier alpha value is -2.55. The molecule has 0 spiro atoms. The van der Waals surface area contributed by atoms with Crippen molar-refractivity contribution >= 4 is 17.4 Å². The van der Waals surface area contributed by atoms with Gasteiger partial charge in [0.05, 0.1) is 6.61 Å². The number of carbonyl (C=O) groups excluding carboxylic acids is 1. The number of para-hydroxylation sites is 1. The maximum Gasteiger partial charge on any atom is 0.254 e. The van der Waals surface area contributed by atoms with Gasteiger partial charge in [-0.25, -0.2) is 0 Å². The van der Waals surface area contributed by atoms with E-state index >= 15 is 0 Å². The summed E-state index contributed by atoms with van der Waals surface area (Å²) in [7, 11) is 0. The summed E-state index contributed by atoms with van der Waals surface area (Å²) in [6.07, 6.45) is 2.40. The third-order valence-corrected chi connectivity index (χ3v) is 3.43. The number of benzene rings is 2. The molecule has 3 nitrogen and oxygen atoms in total. The summed E-state index contributed by atoms with van der Waals surface area (Å²) in [5.41, 5.74) is 1.86. The number of hydrogen-bond donors (Lipinski definition) is 0. The first-order chi connectivity index (χ1) is 10.3. The minimum Gasteiger partial charge on any atom is -0.493 e. The summed E-state index contributed by atoms with van der Waals surface area (Å²) in [6.45, 7) is 1.28. The molecule has 106 valence electrons. The normalized spacial score (nSPS) is 18.2. The first-order valence-corrected chi connectivity index (χ1v) is 7.11. The highest BCUT2D eigenvalue weighted by Gasteiger charge is 2.18. The van der Waals surface area contributed by atoms with Crippen molar-refractivity contribution in [3.8, 4) is 0 Å². The molecule has 3 rings (SSSR count). The zero-order chi connectivity index (χ0) is 14.5. The number of nitrogens with zero attached hydrogens (tertiary/aromatic N) is 1. The Morgan fingerprint density at radius 1 is 0.905 bits per heavy atom. The molecule has 0 saturated carbocycles. The van der Waals surface area contributed by atoms with Crippen LogP contribution in [0.3, 0.4) is 0 Å². The Kier molecular flexibility index (Phi) is 4.01. The largest absolute Gasteiger partial charge is 0.493 e. The van der Waals surface area contributed by atoms with Crippen LogP contribution in [-0.4, -0.2) is 19.1 Å². The van der Waals surface area contributed by atoms with Gasteiger partial charge in [0.25, 0.3) is 5.91 Å². The van der Waals surface area contributed by atoms with E-state index in [-0.39, 0.29) is 5.91 Å². The Bertz CT molecular complexity index is 635. The van der Waals surface area contributed by atoms with E-state index in [1.165, 1.54) is 0 Å². The van der Waals surface area contributed by atoms with Gasteiger partial charge in [-0.2, -0.15) is 0 Å². The summed E-state index contributed by atoms with van der Waals surface area (Å²) >= 11 is 0. The van der Waals surface area contributed by atoms with E-state index in [4.69, 9.17) is 4.74 Å². The first-order valence-electron chi connectivity index (χ1n) is 7.11. The molecule has 0 fully saturated rings. The van der Waals surface area contributed by atoms with Crippen molar-refractivity contribution in [3.05, 3.63) is 72.3 Å². The Morgan fingerprint density at radius 2 is 1.57 bits per heavy atom. The molecule has 0 atom stereocenters. The maximum absolute atomic E-state index is 12.5. The van der Waals surface area contributed by atoms with Gasteiger partial charge in [-0.15, -0.1) is 0 Å². The second kappa shape index (κ2) is 6.27. The molecule has 0 bridgehead atoms. The van der Waals surface area contributed by atoms with E-state index in [0.29, 0.717) is 18.9 Å². The molecule has 1 amide bonds. The summed E-state index contributed by atoms with van der Waals surface area (Å²) in [5, 5.41) is 0. The average molecular weight is 279 g/mol. The molecule has 0 saturated heterocycles. The van der Waals surface area contributed by atoms with Gasteiger partial charge in [0.1, 0.15) is 5.76 Å². The smallest absolute Gasteiger partial charge is 0.254 e. The van der Waals surface area contributed by atoms with Crippen molar-refractivity contribution in [3.63, 3.8) is 0 Å². The van der Waals surface area contributed by atoms with E-state index in [9.17, 15) is 4.79 Å². The highest BCUT2D eigenvalue weighted by molar-refractivity contribution is 6.05. The van der Waals surface area contributed by atoms with Crippen molar-refractivity contribution in [1.82, 2.24) is 0 Å². The molecule has 2 aromatic carbocycles. The fourth-order valence-electron chi connectivity index (χ4n) is 2.38. The number of hydrogen-bond acceptors (Lipinski definition) is 2. The third-order valence-electron chi connectivity index (χ3n) is 3.43. The average Bonchev–Trinajstić information content (AvgIpc) is 2.53. The number of amides is 1. The lowest BCUT2D eigenvalue weighted by Crippen LogP contribution is -2.32. The van der Waals surface area contributed by atoms with Gasteiger partial charge in [-0.05, 0) is 18.6 Å². The minimum atomic E-state index is -0.0419. The predicted octanol–water partition coefficient (Wildman–Crippen LogP) is 3.48. The van der Waals surface area contributed by atoms with Gasteiger partial charge in [-0.3, -0.25) is 4.79 Å². The van der Waals surface area contributed by atoms with Crippen LogP contribution in [0.1, 0.15) is 12.0 Å². The lowest BCUT2D eigenvalue weighted by atomic mass is 10.1. The van der Waals surface area contributed by atoms with Crippen LogP contribution in [0.4, 0.5) is 5.69 Å². The highest BCUT2D eigenvalue weighted by atomic mass is 16.5. The van der Waals surface area contributed by atoms with Crippen molar-refractivity contribution < 1.29 is 9.53 Å². The van der Waals surface area contributed by atoms with Crippen molar-refractivity contribution in [2.24, 2.45) is 0 Å². The van der Waals surface area contributed by atoms with E-state index in [1.54, 1.807) is 11.0 Å². The Labute approximate surface area is 124 Å². The fraction of sp³-hybridized carbons (Fsp3) is 0.167. The number of ether oxygens (including phenoxy) is 1. The molecular weight excluding hydrogens is 262 g/mol. The Morgan fingerprint density at radius 3 is 2.29 bits per heavy atom. The van der Waals surface area contributed by atoms with E-state index in [1.807, 2.05) is 60.7 Å². The summed E-state index contributed by atoms with van der Waals surface area (Å²) in [4.78, 5) is 14.3. The molecule has 0 aromatic heterocycles. The van der Waals surface area contributed by atoms with Gasteiger partial charge < -0.3 is 9.64 Å². The lowest BCUT2D eigenvalue weighted by Gasteiger charge is -2.24. The SMILES string of the molecule is O=C1/C=C(/c2ccccc2)OCCCN1c1ccccc1. The Balaban J connectivity index is 1.92. The van der Waals surface area contributed by atoms with Crippen LogP contribution in [0.2, 0.25) is 0 Å². The van der Waals surface area contributed by atoms with Crippen molar-refractivity contribution in [2.45, 2.75) is 6.42 Å². The molecule has 2 aromatic rings. The van der Waals surface area contributed by atoms with Gasteiger partial charge in [0.2, 0.25) is 0 Å². The summed E-state index contributed by atoms with van der Waals surface area (Å²) < 4.78 is 5.74. The lowest BCUT2D eigenvalue weighted by molar-refractivity contribution is -0.114. The van der Waals surface area contributed by atoms with Crippen LogP contribution in [0.25, 0.3) is 5.76 Å². The van der Waals surface area contributed by atoms with Crippen molar-refractivity contribution in [2.75, 3.05) is 18.1 Å². The monoisotopic (exact) mass is 279 g/mol. The van der Waals surface area contributed by atoms with Crippen LogP contribution in [0.5, 0.6) is 0 Å². The zero-order valence-electron chi connectivity index (χ0n) is 11.7. The van der Waals surface area contributed by atoms with Gasteiger partial charge in [0.15, 0.2) is 0 Å². The molecule has 3 heteroatoms. The molecule has 1 heterocycles. The molecule has 1 aliphatic heterocycles. The molecule has 21 heavy (non-hydrogen) atoms. The molecular formula is C18H17NO2. The van der Waals surface area contributed by atoms with Crippen LogP contribution in [0, 0.1) is 0 Å². The molecule has 0 unspecified atom stereocenters. The molecule has 0 radical (unpaired) electrons. The van der Waals surface area contributed by atoms with E-state index in [0.717, 1.165) is 17.7 Å². The van der Waals surface area contributed by atoms with Crippen LogP contribution >= 0.6 is 0 Å². The van der Waals surface area contributed by atoms with Gasteiger partial charge in [0, 0.05) is 23.9 Å². The minimum absolute atomic E-state index is 0.0419. The quantitative estimate of drug-likeness (QED) is 0.842. The number of rotatable bonds is 2. The van der Waals surface area contributed by atoms with Crippen LogP contribution < -0.4 is 4.90 Å². The maximum atomic E-state index is 12.5. The summed E-state index contributed by atoms with van der Waals surface area (Å²) in [6, 6.07) is 19.5. The second-order valence-corrected chi connectivity index (χ2v) is 4.90. The third kappa shape index (κ3) is 3.14. The van der Waals surface area contributed by atoms with Gasteiger partial charge in [-0.1, -0.05) is 48.5 Å². The number of anilines is 1. The predicted molar refractivity (Wildman–Crippen MR) is 83.8 cm³/mol. The number of carbonyl (C=O) groups is 1. The van der Waals surface area contributed by atoms with E-state index < -0.39 is 0 Å². The molecule has 1 aliphatic rings. The van der Waals surface area contributed by atoms with Crippen molar-refractivity contribution in [1.29, 1.82) is 0 Å². The van der Waals surface area contributed by atoms with Gasteiger partial charge >= 0.3 is 0 Å². The standard InChI is InChI=1S/C18H17NO2/c20-18-14-17(15-8-3-1-4-9-15)21-13-7-12-19(18)16-10-5-2-6-11-16/h1-6,8-11,14H,7,12-13H2/b17-14-. The summed E-state index contributed by atoms with van der Waals surface area (Å²) in [5.74, 6) is 0.598. The zero-order valence-corrected chi connectivity index (χ0v) is 11.7. The van der Waals surface area contributed by atoms with Crippen LogP contribution in [0.15, 0.2) is 66.7 Å². The van der Waals surface area contributed by atoms with E-state index in [2.05, 4.69) is 0 Å². The van der Waals surface area contributed by atoms with Crippen LogP contribution in [-0.2, 0) is 9.53 Å². The second-order valence-electron chi connectivity index (χ2n) is 4.90. The molecule has 0 N–H and O–H groups in total. The first kappa shape index (κ1) is 13.4. The topological polar surface area (TPSA) is 29.5 Å². The molecule has 0 aliphatic carbocycles. The highest BCUT2D eigenvalue weighted by Crippen LogP contribution is 2.21.